The molecule has 1 aromatic heterocycles. The van der Waals surface area contributed by atoms with Crippen LogP contribution in [0.2, 0.25) is 0 Å². The highest BCUT2D eigenvalue weighted by Crippen LogP contribution is 2.33. The summed E-state index contributed by atoms with van der Waals surface area (Å²) in [5.74, 6) is -0.752. The van der Waals surface area contributed by atoms with Crippen LogP contribution in [0.3, 0.4) is 0 Å². The van der Waals surface area contributed by atoms with E-state index in [1.165, 1.54) is 28.9 Å². The number of hydrogen-bond acceptors (Lipinski definition) is 6. The highest BCUT2D eigenvalue weighted by atomic mass is 32.1. The van der Waals surface area contributed by atoms with Crippen LogP contribution in [0.15, 0.2) is 24.3 Å². The molecule has 154 valence electrons. The molecule has 7 heteroatoms. The van der Waals surface area contributed by atoms with Crippen molar-refractivity contribution in [3.8, 4) is 0 Å². The van der Waals surface area contributed by atoms with Gasteiger partial charge in [-0.25, -0.2) is 9.59 Å². The lowest BCUT2D eigenvalue weighted by molar-refractivity contribution is -0.119. The van der Waals surface area contributed by atoms with E-state index < -0.39 is 17.8 Å². The molecule has 1 aliphatic rings. The van der Waals surface area contributed by atoms with E-state index >= 15 is 0 Å². The molecule has 1 N–H and O–H groups in total. The molecule has 1 aliphatic carbocycles. The average molecular weight is 416 g/mol. The second kappa shape index (κ2) is 9.22. The third-order valence-electron chi connectivity index (χ3n) is 5.23. The largest absolute Gasteiger partial charge is 0.465 e. The number of esters is 2. The maximum absolute atomic E-state index is 12.4. The van der Waals surface area contributed by atoms with Gasteiger partial charge in [0.1, 0.15) is 4.88 Å². The van der Waals surface area contributed by atoms with Crippen molar-refractivity contribution in [1.29, 1.82) is 0 Å². The van der Waals surface area contributed by atoms with Crippen LogP contribution in [0.4, 0.5) is 5.69 Å². The lowest BCUT2D eigenvalue weighted by Crippen LogP contribution is -2.21. The van der Waals surface area contributed by atoms with E-state index in [-0.39, 0.29) is 6.61 Å². The average Bonchev–Trinajstić information content (AvgIpc) is 3.16. The Morgan fingerprint density at radius 3 is 2.72 bits per heavy atom. The first-order valence-corrected chi connectivity index (χ1v) is 10.5. The maximum Gasteiger partial charge on any atom is 0.348 e. The predicted octanol–water partition coefficient (Wildman–Crippen LogP) is 4.15. The molecule has 0 saturated carbocycles. The van der Waals surface area contributed by atoms with E-state index in [1.54, 1.807) is 18.2 Å². The van der Waals surface area contributed by atoms with Gasteiger partial charge in [0.05, 0.1) is 12.7 Å². The van der Waals surface area contributed by atoms with E-state index in [2.05, 4.69) is 12.2 Å². The smallest absolute Gasteiger partial charge is 0.348 e. The van der Waals surface area contributed by atoms with Crippen molar-refractivity contribution < 1.29 is 23.9 Å². The molecule has 0 bridgehead atoms. The SMILES string of the molecule is CCC1CCc2sc(C(=O)OCC(=O)Nc3cc(C(=O)OC)ccc3C)cc2C1. The van der Waals surface area contributed by atoms with Crippen LogP contribution in [0.25, 0.3) is 0 Å². The summed E-state index contributed by atoms with van der Waals surface area (Å²) in [5, 5.41) is 2.68. The van der Waals surface area contributed by atoms with Crippen molar-refractivity contribution >= 4 is 34.9 Å². The number of aryl methyl sites for hydroxylation is 2. The number of amides is 1. The summed E-state index contributed by atoms with van der Waals surface area (Å²) in [6.07, 6.45) is 4.31. The Bertz CT molecular complexity index is 933. The molecule has 0 fully saturated rings. The molecular weight excluding hydrogens is 390 g/mol. The van der Waals surface area contributed by atoms with Crippen LogP contribution in [0, 0.1) is 12.8 Å². The second-order valence-electron chi connectivity index (χ2n) is 7.22. The molecule has 3 rings (SSSR count). The number of benzene rings is 1. The van der Waals surface area contributed by atoms with Gasteiger partial charge in [-0.2, -0.15) is 0 Å². The van der Waals surface area contributed by atoms with Crippen molar-refractivity contribution in [3.63, 3.8) is 0 Å². The number of hydrogen-bond donors (Lipinski definition) is 1. The van der Waals surface area contributed by atoms with Crippen LogP contribution in [0.5, 0.6) is 0 Å². The number of ether oxygens (including phenoxy) is 2. The number of fused-ring (bicyclic) bond motifs is 1. The van der Waals surface area contributed by atoms with Crippen molar-refractivity contribution in [2.45, 2.75) is 39.5 Å². The molecule has 1 atom stereocenters. The van der Waals surface area contributed by atoms with Gasteiger partial charge in [0, 0.05) is 10.6 Å². The number of thiophene rings is 1. The van der Waals surface area contributed by atoms with Gasteiger partial charge < -0.3 is 14.8 Å². The van der Waals surface area contributed by atoms with Crippen LogP contribution in [-0.4, -0.2) is 31.6 Å². The van der Waals surface area contributed by atoms with E-state index in [0.717, 1.165) is 31.2 Å². The number of rotatable bonds is 6. The summed E-state index contributed by atoms with van der Waals surface area (Å²) in [6.45, 7) is 3.61. The molecule has 29 heavy (non-hydrogen) atoms. The van der Waals surface area contributed by atoms with E-state index in [1.807, 2.05) is 13.0 Å². The quantitative estimate of drug-likeness (QED) is 0.717. The number of nitrogens with one attached hydrogen (secondary N) is 1. The van der Waals surface area contributed by atoms with Crippen LogP contribution in [-0.2, 0) is 27.1 Å². The van der Waals surface area contributed by atoms with Gasteiger partial charge in [0.15, 0.2) is 6.61 Å². The molecule has 6 nitrogen and oxygen atoms in total. The third kappa shape index (κ3) is 5.03. The summed E-state index contributed by atoms with van der Waals surface area (Å²) >= 11 is 1.46. The normalized spacial score (nSPS) is 15.3. The van der Waals surface area contributed by atoms with Crippen molar-refractivity contribution in [1.82, 2.24) is 0 Å². The van der Waals surface area contributed by atoms with Gasteiger partial charge in [-0.15, -0.1) is 11.3 Å². The first-order valence-electron chi connectivity index (χ1n) is 9.68. The number of carbonyl (C=O) groups excluding carboxylic acids is 3. The standard InChI is InChI=1S/C22H25NO5S/c1-4-14-6-8-18-16(9-14)11-19(29-18)22(26)28-12-20(24)23-17-10-15(21(25)27-3)7-5-13(17)2/h5,7,10-11,14H,4,6,8-9,12H2,1-3H3,(H,23,24). The molecule has 0 radical (unpaired) electrons. The Kier molecular flexibility index (Phi) is 6.69. The van der Waals surface area contributed by atoms with Crippen LogP contribution < -0.4 is 5.32 Å². The topological polar surface area (TPSA) is 81.7 Å². The molecule has 2 aromatic rings. The Labute approximate surface area is 174 Å². The minimum atomic E-state index is -0.487. The number of carbonyl (C=O) groups is 3. The molecule has 1 amide bonds. The molecule has 0 aliphatic heterocycles. The van der Waals surface area contributed by atoms with Gasteiger partial charge in [0.25, 0.3) is 5.91 Å². The summed E-state index contributed by atoms with van der Waals surface area (Å²) in [6, 6.07) is 6.79. The zero-order valence-corrected chi connectivity index (χ0v) is 17.7. The molecule has 0 saturated heterocycles. The molecular formula is C22H25NO5S. The fourth-order valence-electron chi connectivity index (χ4n) is 3.44. The van der Waals surface area contributed by atoms with E-state index in [0.29, 0.717) is 22.0 Å². The Morgan fingerprint density at radius 1 is 1.21 bits per heavy atom. The van der Waals surface area contributed by atoms with Gasteiger partial charge in [0.2, 0.25) is 0 Å². The first-order chi connectivity index (χ1) is 13.9. The van der Waals surface area contributed by atoms with Crippen molar-refractivity contribution in [3.05, 3.63) is 50.7 Å². The highest BCUT2D eigenvalue weighted by Gasteiger charge is 2.23. The first kappa shape index (κ1) is 21.0. The minimum Gasteiger partial charge on any atom is -0.465 e. The van der Waals surface area contributed by atoms with E-state index in [4.69, 9.17) is 9.47 Å². The minimum absolute atomic E-state index is 0.333. The van der Waals surface area contributed by atoms with E-state index in [9.17, 15) is 14.4 Å². The zero-order chi connectivity index (χ0) is 21.0. The predicted molar refractivity (Wildman–Crippen MR) is 112 cm³/mol. The Morgan fingerprint density at radius 2 is 2.00 bits per heavy atom. The van der Waals surface area contributed by atoms with Crippen molar-refractivity contribution in [2.75, 3.05) is 19.0 Å². The van der Waals surface area contributed by atoms with Gasteiger partial charge >= 0.3 is 11.9 Å². The van der Waals surface area contributed by atoms with Crippen LogP contribution >= 0.6 is 11.3 Å². The summed E-state index contributed by atoms with van der Waals surface area (Å²) in [7, 11) is 1.30. The highest BCUT2D eigenvalue weighted by molar-refractivity contribution is 7.14. The van der Waals surface area contributed by atoms with Crippen molar-refractivity contribution in [2.24, 2.45) is 5.92 Å². The van der Waals surface area contributed by atoms with Gasteiger partial charge in [-0.05, 0) is 61.4 Å². The Balaban J connectivity index is 1.58. The summed E-state index contributed by atoms with van der Waals surface area (Å²) in [5.41, 5.74) is 2.83. The van der Waals surface area contributed by atoms with Gasteiger partial charge in [-0.3, -0.25) is 4.79 Å². The fourth-order valence-corrected chi connectivity index (χ4v) is 4.54. The lowest BCUT2D eigenvalue weighted by Gasteiger charge is -2.19. The summed E-state index contributed by atoms with van der Waals surface area (Å²) in [4.78, 5) is 38.0. The second-order valence-corrected chi connectivity index (χ2v) is 8.36. The third-order valence-corrected chi connectivity index (χ3v) is 6.45. The van der Waals surface area contributed by atoms with Gasteiger partial charge in [-0.1, -0.05) is 19.4 Å². The monoisotopic (exact) mass is 415 g/mol. The number of anilines is 1. The summed E-state index contributed by atoms with van der Waals surface area (Å²) < 4.78 is 9.89. The lowest BCUT2D eigenvalue weighted by atomic mass is 9.87. The Hall–Kier alpha value is -2.67. The molecule has 1 heterocycles. The van der Waals surface area contributed by atoms with Crippen LogP contribution in [0.1, 0.15) is 55.8 Å². The number of methoxy groups -OCH3 is 1. The molecule has 1 aromatic carbocycles. The molecule has 1 unspecified atom stereocenters. The zero-order valence-electron chi connectivity index (χ0n) is 16.9. The fraction of sp³-hybridized carbons (Fsp3) is 0.409. The molecule has 0 spiro atoms. The maximum atomic E-state index is 12.4.